The van der Waals surface area contributed by atoms with Crippen molar-refractivity contribution in [3.63, 3.8) is 0 Å². The number of hydrogen-bond acceptors (Lipinski definition) is 3. The molecule has 0 saturated carbocycles. The summed E-state index contributed by atoms with van der Waals surface area (Å²) in [4.78, 5) is 16.8. The number of aliphatic hydroxyl groups is 1. The van der Waals surface area contributed by atoms with Crippen LogP contribution < -0.4 is 0 Å². The second-order valence-corrected chi connectivity index (χ2v) is 7.73. The van der Waals surface area contributed by atoms with Crippen molar-refractivity contribution in [2.75, 3.05) is 32.7 Å². The van der Waals surface area contributed by atoms with Gasteiger partial charge in [-0.05, 0) is 56.7 Å². The van der Waals surface area contributed by atoms with Crippen molar-refractivity contribution in [3.05, 3.63) is 35.9 Å². The van der Waals surface area contributed by atoms with Gasteiger partial charge in [0, 0.05) is 26.1 Å². The van der Waals surface area contributed by atoms with Gasteiger partial charge >= 0.3 is 0 Å². The van der Waals surface area contributed by atoms with Gasteiger partial charge in [-0.25, -0.2) is 0 Å². The monoisotopic (exact) mass is 330 g/mol. The minimum atomic E-state index is -0.265. The Hall–Kier alpha value is -1.39. The molecule has 1 atom stereocenters. The lowest BCUT2D eigenvalue weighted by atomic mass is 9.77. The van der Waals surface area contributed by atoms with E-state index in [0.29, 0.717) is 5.91 Å². The van der Waals surface area contributed by atoms with Crippen LogP contribution >= 0.6 is 0 Å². The molecule has 1 N–H and O–H groups in total. The van der Waals surface area contributed by atoms with Gasteiger partial charge < -0.3 is 14.9 Å². The molecule has 1 amide bonds. The Balaban J connectivity index is 1.46. The van der Waals surface area contributed by atoms with E-state index in [-0.39, 0.29) is 11.5 Å². The minimum absolute atomic E-state index is 0.193. The summed E-state index contributed by atoms with van der Waals surface area (Å²) >= 11 is 0. The standard InChI is InChI=1S/C20H30N2O2/c1-17(23)15-21-12-9-20(10-13-21)14-19(24)22(16-20)11-5-8-18-6-3-2-4-7-18/h2-4,6-7,17,23H,5,8-16H2,1H3. The number of aryl methyl sites for hydroxylation is 1. The van der Waals surface area contributed by atoms with Gasteiger partial charge in [0.2, 0.25) is 5.91 Å². The number of piperidine rings is 1. The molecule has 2 aliphatic rings. The molecule has 4 heteroatoms. The summed E-state index contributed by atoms with van der Waals surface area (Å²) in [6.07, 6.45) is 4.71. The van der Waals surface area contributed by atoms with Gasteiger partial charge in [0.1, 0.15) is 0 Å². The van der Waals surface area contributed by atoms with Crippen LogP contribution in [0.5, 0.6) is 0 Å². The molecule has 3 rings (SSSR count). The van der Waals surface area contributed by atoms with Crippen LogP contribution in [0.15, 0.2) is 30.3 Å². The molecule has 0 aliphatic carbocycles. The molecular formula is C20H30N2O2. The van der Waals surface area contributed by atoms with Crippen LogP contribution in [0.3, 0.4) is 0 Å². The van der Waals surface area contributed by atoms with Crippen LogP contribution in [0.1, 0.15) is 38.2 Å². The molecule has 2 fully saturated rings. The highest BCUT2D eigenvalue weighted by molar-refractivity contribution is 5.79. The van der Waals surface area contributed by atoms with Crippen molar-refractivity contribution in [1.29, 1.82) is 0 Å². The van der Waals surface area contributed by atoms with E-state index >= 15 is 0 Å². The summed E-state index contributed by atoms with van der Waals surface area (Å²) in [6.45, 7) is 6.44. The molecule has 2 heterocycles. The average molecular weight is 330 g/mol. The molecule has 24 heavy (non-hydrogen) atoms. The highest BCUT2D eigenvalue weighted by Gasteiger charge is 2.44. The van der Waals surface area contributed by atoms with Crippen molar-refractivity contribution in [3.8, 4) is 0 Å². The van der Waals surface area contributed by atoms with E-state index in [0.717, 1.165) is 64.8 Å². The number of carbonyl (C=O) groups excluding carboxylic acids is 1. The van der Waals surface area contributed by atoms with Crippen LogP contribution in [-0.2, 0) is 11.2 Å². The van der Waals surface area contributed by atoms with Crippen LogP contribution in [0, 0.1) is 5.41 Å². The van der Waals surface area contributed by atoms with E-state index < -0.39 is 0 Å². The first kappa shape index (κ1) is 17.4. The second-order valence-electron chi connectivity index (χ2n) is 7.73. The number of β-amino-alcohol motifs (C(OH)–C–C–N with tert-alkyl or cyclic N) is 1. The normalized spacial score (nSPS) is 22.2. The van der Waals surface area contributed by atoms with Crippen molar-refractivity contribution in [2.24, 2.45) is 5.41 Å². The lowest BCUT2D eigenvalue weighted by Crippen LogP contribution is -2.43. The van der Waals surface area contributed by atoms with Crippen molar-refractivity contribution in [1.82, 2.24) is 9.80 Å². The summed E-state index contributed by atoms with van der Waals surface area (Å²) in [5.41, 5.74) is 1.55. The highest BCUT2D eigenvalue weighted by atomic mass is 16.3. The Morgan fingerprint density at radius 2 is 1.92 bits per heavy atom. The predicted molar refractivity (Wildman–Crippen MR) is 95.7 cm³/mol. The van der Waals surface area contributed by atoms with Crippen LogP contribution in [-0.4, -0.2) is 59.6 Å². The summed E-state index contributed by atoms with van der Waals surface area (Å²) in [5.74, 6) is 0.340. The summed E-state index contributed by atoms with van der Waals surface area (Å²) in [6, 6.07) is 10.5. The zero-order chi connectivity index (χ0) is 17.0. The number of likely N-dealkylation sites (tertiary alicyclic amines) is 2. The Bertz CT molecular complexity index is 536. The van der Waals surface area contributed by atoms with E-state index in [9.17, 15) is 9.90 Å². The van der Waals surface area contributed by atoms with E-state index in [4.69, 9.17) is 0 Å². The third-order valence-electron chi connectivity index (χ3n) is 5.58. The maximum absolute atomic E-state index is 12.4. The van der Waals surface area contributed by atoms with Crippen LogP contribution in [0.25, 0.3) is 0 Å². The summed E-state index contributed by atoms with van der Waals surface area (Å²) in [7, 11) is 0. The van der Waals surface area contributed by atoms with Gasteiger partial charge in [-0.1, -0.05) is 30.3 Å². The van der Waals surface area contributed by atoms with E-state index in [1.54, 1.807) is 0 Å². The number of aliphatic hydroxyl groups excluding tert-OH is 1. The van der Waals surface area contributed by atoms with Crippen LogP contribution in [0.2, 0.25) is 0 Å². The number of amides is 1. The second kappa shape index (κ2) is 7.66. The fourth-order valence-corrected chi connectivity index (χ4v) is 4.22. The topological polar surface area (TPSA) is 43.8 Å². The zero-order valence-corrected chi connectivity index (χ0v) is 14.8. The molecular weight excluding hydrogens is 300 g/mol. The molecule has 2 saturated heterocycles. The van der Waals surface area contributed by atoms with Crippen LogP contribution in [0.4, 0.5) is 0 Å². The number of benzene rings is 1. The van der Waals surface area contributed by atoms with Gasteiger partial charge in [0.15, 0.2) is 0 Å². The first-order valence-corrected chi connectivity index (χ1v) is 9.28. The molecule has 4 nitrogen and oxygen atoms in total. The van der Waals surface area contributed by atoms with Crippen molar-refractivity contribution < 1.29 is 9.90 Å². The van der Waals surface area contributed by atoms with E-state index in [1.807, 2.05) is 13.0 Å². The van der Waals surface area contributed by atoms with Gasteiger partial charge in [0.25, 0.3) is 0 Å². The molecule has 132 valence electrons. The number of rotatable bonds is 6. The minimum Gasteiger partial charge on any atom is -0.392 e. The van der Waals surface area contributed by atoms with E-state index in [2.05, 4.69) is 34.1 Å². The average Bonchev–Trinajstić information content (AvgIpc) is 2.86. The Kier molecular flexibility index (Phi) is 5.57. The molecule has 0 aromatic heterocycles. The fraction of sp³-hybridized carbons (Fsp3) is 0.650. The lowest BCUT2D eigenvalue weighted by molar-refractivity contribution is -0.127. The SMILES string of the molecule is CC(O)CN1CCC2(CC1)CC(=O)N(CCCc1ccccc1)C2. The molecule has 1 spiro atoms. The lowest BCUT2D eigenvalue weighted by Gasteiger charge is -2.39. The first-order chi connectivity index (χ1) is 11.6. The first-order valence-electron chi connectivity index (χ1n) is 9.28. The summed E-state index contributed by atoms with van der Waals surface area (Å²) in [5, 5.41) is 9.53. The molecule has 0 bridgehead atoms. The Labute approximate surface area is 145 Å². The highest BCUT2D eigenvalue weighted by Crippen LogP contribution is 2.41. The van der Waals surface area contributed by atoms with Gasteiger partial charge in [-0.2, -0.15) is 0 Å². The number of nitrogens with zero attached hydrogens (tertiary/aromatic N) is 2. The van der Waals surface area contributed by atoms with E-state index in [1.165, 1.54) is 5.56 Å². The molecule has 2 aliphatic heterocycles. The van der Waals surface area contributed by atoms with Gasteiger partial charge in [0.05, 0.1) is 6.10 Å². The van der Waals surface area contributed by atoms with Crippen molar-refractivity contribution in [2.45, 2.75) is 45.1 Å². The molecule has 0 radical (unpaired) electrons. The number of hydrogen-bond donors (Lipinski definition) is 1. The quantitative estimate of drug-likeness (QED) is 0.870. The smallest absolute Gasteiger partial charge is 0.223 e. The maximum atomic E-state index is 12.4. The third kappa shape index (κ3) is 4.37. The fourth-order valence-electron chi connectivity index (χ4n) is 4.22. The largest absolute Gasteiger partial charge is 0.392 e. The molecule has 1 aromatic carbocycles. The van der Waals surface area contributed by atoms with Gasteiger partial charge in [-0.15, -0.1) is 0 Å². The summed E-state index contributed by atoms with van der Waals surface area (Å²) < 4.78 is 0. The molecule has 1 unspecified atom stereocenters. The zero-order valence-electron chi connectivity index (χ0n) is 14.8. The third-order valence-corrected chi connectivity index (χ3v) is 5.58. The van der Waals surface area contributed by atoms with Crippen molar-refractivity contribution >= 4 is 5.91 Å². The predicted octanol–water partition coefficient (Wildman–Crippen LogP) is 2.31. The molecule has 1 aromatic rings. The number of carbonyl (C=O) groups is 1. The Morgan fingerprint density at radius 1 is 1.21 bits per heavy atom. The van der Waals surface area contributed by atoms with Gasteiger partial charge in [-0.3, -0.25) is 4.79 Å². The maximum Gasteiger partial charge on any atom is 0.223 e. The Morgan fingerprint density at radius 3 is 2.58 bits per heavy atom.